The second-order valence-corrected chi connectivity index (χ2v) is 34.7. The van der Waals surface area contributed by atoms with Gasteiger partial charge in [-0.1, -0.05) is 128 Å². The number of aliphatic carboxylic acids is 1. The molecule has 0 spiro atoms. The summed E-state index contributed by atoms with van der Waals surface area (Å²) < 4.78 is 0. The first-order valence-electron chi connectivity index (χ1n) is 46.2. The van der Waals surface area contributed by atoms with E-state index in [-0.39, 0.29) is 110 Å². The molecule has 6 aromatic rings. The predicted octanol–water partition coefficient (Wildman–Crippen LogP) is -4.26. The van der Waals surface area contributed by atoms with Gasteiger partial charge in [-0.05, 0) is 117 Å². The average Bonchev–Trinajstić information content (AvgIpc) is 1.70. The van der Waals surface area contributed by atoms with Crippen molar-refractivity contribution in [2.75, 3.05) is 51.7 Å². The summed E-state index contributed by atoms with van der Waals surface area (Å²) in [4.78, 5) is 245. The quantitative estimate of drug-likeness (QED) is 0.00823. The minimum absolute atomic E-state index is 0.00676. The van der Waals surface area contributed by atoms with Crippen molar-refractivity contribution in [3.63, 3.8) is 0 Å². The molecule has 16 atom stereocenters. The van der Waals surface area contributed by atoms with Crippen LogP contribution in [0.3, 0.4) is 0 Å². The number of nitrogens with zero attached hydrogens (tertiary/aromatic N) is 1. The molecular formula is C95H126N24O21S. The van der Waals surface area contributed by atoms with Gasteiger partial charge in [0.15, 0.2) is 11.9 Å². The van der Waals surface area contributed by atoms with E-state index in [1.54, 1.807) is 140 Å². The molecule has 30 N–H and O–H groups in total. The van der Waals surface area contributed by atoms with Crippen LogP contribution in [0.15, 0.2) is 170 Å². The summed E-state index contributed by atoms with van der Waals surface area (Å²) in [5, 5.41) is 114. The average molecular weight is 1970 g/mol. The lowest BCUT2D eigenvalue weighted by molar-refractivity contribution is -0.144. The molecule has 4 aromatic carbocycles. The van der Waals surface area contributed by atoms with E-state index >= 15 is 43.2 Å². The molecule has 15 amide bonds. The van der Waals surface area contributed by atoms with Gasteiger partial charge in [-0.3, -0.25) is 82.7 Å². The Morgan fingerprint density at radius 3 is 1.67 bits per heavy atom. The summed E-state index contributed by atoms with van der Waals surface area (Å²) in [5.41, 5.74) is 14.9. The highest BCUT2D eigenvalue weighted by Crippen LogP contribution is 2.26. The number of aliphatic hydroxyl groups excluding tert-OH is 4. The number of amides is 15. The number of para-hydroxylation sites is 2. The van der Waals surface area contributed by atoms with Crippen molar-refractivity contribution < 1.29 is 102 Å². The number of hydrogen-bond donors (Lipinski definition) is 29. The molecule has 0 radical (unpaired) electrons. The van der Waals surface area contributed by atoms with Gasteiger partial charge in [-0.25, -0.2) is 4.79 Å². The van der Waals surface area contributed by atoms with E-state index in [9.17, 15) is 59.1 Å². The molecule has 2 aromatic heterocycles. The number of fused-ring (bicyclic) bond motifs is 2. The third kappa shape index (κ3) is 33.7. The Morgan fingerprint density at radius 1 is 0.553 bits per heavy atom. The zero-order valence-corrected chi connectivity index (χ0v) is 78.9. The predicted molar refractivity (Wildman–Crippen MR) is 521 cm³/mol. The molecule has 0 unspecified atom stereocenters. The highest BCUT2D eigenvalue weighted by atomic mass is 32.1. The van der Waals surface area contributed by atoms with Gasteiger partial charge in [-0.2, -0.15) is 12.6 Å². The zero-order valence-electron chi connectivity index (χ0n) is 78.0. The van der Waals surface area contributed by atoms with Gasteiger partial charge in [0.25, 0.3) is 0 Å². The van der Waals surface area contributed by atoms with Gasteiger partial charge >= 0.3 is 5.97 Å². The number of allylic oxidation sites excluding steroid dienone is 4. The minimum atomic E-state index is -2.14. The number of thiol groups is 1. The number of aromatic amines is 2. The van der Waals surface area contributed by atoms with Crippen LogP contribution in [0.4, 0.5) is 0 Å². The van der Waals surface area contributed by atoms with Crippen LogP contribution in [-0.4, -0.2) is 295 Å². The van der Waals surface area contributed by atoms with Crippen LogP contribution in [0, 0.1) is 10.8 Å². The van der Waals surface area contributed by atoms with Crippen LogP contribution in [-0.2, 0) is 102 Å². The van der Waals surface area contributed by atoms with Gasteiger partial charge in [0, 0.05) is 111 Å². The van der Waals surface area contributed by atoms with Crippen molar-refractivity contribution >= 4 is 141 Å². The molecule has 0 aliphatic carbocycles. The first-order chi connectivity index (χ1) is 67.5. The summed E-state index contributed by atoms with van der Waals surface area (Å²) in [5.74, 6) is -19.5. The molecule has 0 saturated carbocycles. The van der Waals surface area contributed by atoms with E-state index in [2.05, 4.69) is 120 Å². The fraction of sp³-hybridized carbons (Fsp3) is 0.432. The number of carboxylic acid groups (broad SMARTS) is 1. The molecule has 3 aliphatic rings. The standard InChI is InChI=1S/C95H126N24O21S/c1-52-22-7-6-17-35-100-46-57(52)42-69-80(126)101-36-18-16-31-64(108-84(130)67(106-77(125)50-121)40-55-23-8-4-9-24-55)81(127)113-70(43-58-47-104-62-29-14-12-27-60(58)62)87(133)115-72(92(138)119-39-21-34-75(119)89(135)110-66(33-20-38-103-95(98)99)83(129)116-73(49-120)93(139)140)45-76(124)107-74(51-141)88(134)117-79(54(3)123)91(137)118-78(53(2)122)90(136)114-71(44-59-48-105-63-30-15-13-28-61(59)63)86(132)111-68(41-56-25-10-5-11-26-56)85(131)109-65(82(128)112-69)32-19-37-102-94(96)97/h4-15,17,22-30,46-48,53-54,64-75,78-79,100,104-105,120-123,141H,1,16,18-21,31-45,49-51H2,2-3H3,(H,101,126)(H,106,125)(H,107,124)(H,108,130)(H,109,131)(H,110,135)(H,111,132)(H,112,128)(H,113,127)(H,114,136)(H,115,133)(H,116,129)(H,117,134)(H,118,137)(H,139,140)(H4,96,97,102)(H4,98,99,103)/b17-6-,22-7-,57-46?/t53-,54-,64+,65+,66+,67+,68+,69+,70+,71+,72+,73+,74+,75+,78+,79+/m1/s1. The number of guanidine groups is 2. The monoisotopic (exact) mass is 1970 g/mol. The van der Waals surface area contributed by atoms with Crippen molar-refractivity contribution in [2.24, 2.45) is 11.5 Å². The molecule has 141 heavy (non-hydrogen) atoms. The summed E-state index contributed by atoms with van der Waals surface area (Å²) in [6, 6.07) is 5.79. The molecular weight excluding hydrogens is 1850 g/mol. The highest BCUT2D eigenvalue weighted by molar-refractivity contribution is 7.80. The SMILES string of the molecule is C=C1/C=C\C=C/CNC=C1C[C@@H]1NC(=O)[C@H](CCCNC(=N)N)NC(=O)[C@H](Cc2ccccc2)NC(=O)[C@H](Cc2c[nH]c3ccccc23)NC(=O)[C@H]([C@@H](C)O)NC(=O)[C@H]([C@@H](C)O)NC(=O)[C@H](CS)NC(=O)C[C@@H](C(=O)N2CCC[C@H]2C(=O)N[C@@H](CCCNC(=N)N)C(=O)N[C@@H](CO)C(=O)O)NC(=O)[C@H](Cc2c[nH]c3ccccc23)NC(=O)[C@@H](NC(=O)[C@H](Cc2ccccc2)NC(=O)CO)CCCCNC1=O. The number of nitrogens with two attached hydrogens (primary N) is 2. The first-order valence-corrected chi connectivity index (χ1v) is 46.9. The Kier molecular flexibility index (Phi) is 42.7. The number of rotatable bonds is 32. The van der Waals surface area contributed by atoms with E-state index in [0.29, 0.717) is 61.8 Å². The molecule has 3 aliphatic heterocycles. The second kappa shape index (κ2) is 54.9. The number of aliphatic hydroxyl groups is 4. The van der Waals surface area contributed by atoms with Crippen LogP contribution < -0.4 is 102 Å². The number of aromatic nitrogens is 2. The van der Waals surface area contributed by atoms with Crippen molar-refractivity contribution in [2.45, 2.75) is 207 Å². The van der Waals surface area contributed by atoms with Crippen molar-refractivity contribution in [3.8, 4) is 0 Å². The van der Waals surface area contributed by atoms with Crippen LogP contribution in [0.1, 0.15) is 107 Å². The van der Waals surface area contributed by atoms with Crippen LogP contribution >= 0.6 is 12.6 Å². The molecule has 45 nitrogen and oxygen atoms in total. The van der Waals surface area contributed by atoms with Crippen LogP contribution in [0.25, 0.3) is 21.8 Å². The first kappa shape index (κ1) is 110. The molecule has 758 valence electrons. The van der Waals surface area contributed by atoms with Gasteiger partial charge in [0.05, 0.1) is 25.2 Å². The molecule has 0 bridgehead atoms. The number of benzene rings is 4. The van der Waals surface area contributed by atoms with E-state index in [1.165, 1.54) is 6.20 Å². The van der Waals surface area contributed by atoms with E-state index in [4.69, 9.17) is 22.3 Å². The summed E-state index contributed by atoms with van der Waals surface area (Å²) in [7, 11) is 0. The molecule has 2 fully saturated rings. The van der Waals surface area contributed by atoms with Gasteiger partial charge in [0.1, 0.15) is 91.2 Å². The Balaban J connectivity index is 1.16. The Morgan fingerprint density at radius 2 is 1.09 bits per heavy atom. The van der Waals surface area contributed by atoms with E-state index in [1.807, 2.05) is 6.08 Å². The zero-order chi connectivity index (χ0) is 102. The maximum atomic E-state index is 15.9. The van der Waals surface area contributed by atoms with Gasteiger partial charge < -0.3 is 142 Å². The van der Waals surface area contributed by atoms with Crippen molar-refractivity contribution in [3.05, 3.63) is 192 Å². The normalized spacial score (nSPS) is 22.7. The number of nitrogens with one attached hydrogen (secondary N) is 21. The largest absolute Gasteiger partial charge is 0.480 e. The number of likely N-dealkylation sites (tertiary alicyclic amines) is 1. The second-order valence-electron chi connectivity index (χ2n) is 34.4. The molecule has 9 rings (SSSR count). The van der Waals surface area contributed by atoms with Crippen LogP contribution in [0.2, 0.25) is 0 Å². The van der Waals surface area contributed by atoms with Gasteiger partial charge in [-0.15, -0.1) is 0 Å². The summed E-state index contributed by atoms with van der Waals surface area (Å²) in [6.07, 6.45) is 4.24. The van der Waals surface area contributed by atoms with Crippen molar-refractivity contribution in [1.29, 1.82) is 10.8 Å². The van der Waals surface area contributed by atoms with Crippen molar-refractivity contribution in [1.82, 2.24) is 105 Å². The molecule has 2 saturated heterocycles. The number of carbonyl (C=O) groups is 16. The fourth-order valence-electron chi connectivity index (χ4n) is 16.1. The number of H-pyrrole nitrogens is 2. The molecule has 46 heteroatoms. The molecule has 5 heterocycles. The van der Waals surface area contributed by atoms with Gasteiger partial charge in [0.2, 0.25) is 88.6 Å². The third-order valence-corrected chi connectivity index (χ3v) is 24.0. The van der Waals surface area contributed by atoms with E-state index < -0.39 is 235 Å². The third-order valence-electron chi connectivity index (χ3n) is 23.7. The Labute approximate surface area is 817 Å². The number of hydrogen-bond acceptors (Lipinski definition) is 24. The lowest BCUT2D eigenvalue weighted by Crippen LogP contribution is -2.63. The lowest BCUT2D eigenvalue weighted by Gasteiger charge is -2.31. The fourth-order valence-corrected chi connectivity index (χ4v) is 16.4. The Bertz CT molecular complexity index is 5540. The smallest absolute Gasteiger partial charge is 0.328 e. The minimum Gasteiger partial charge on any atom is -0.480 e. The Hall–Kier alpha value is -15.0. The maximum absolute atomic E-state index is 15.9. The number of carboxylic acids is 1. The summed E-state index contributed by atoms with van der Waals surface area (Å²) in [6.45, 7) is 3.99. The topological polar surface area (TPSA) is 713 Å². The number of carbonyl (C=O) groups excluding carboxylic acids is 15. The lowest BCUT2D eigenvalue weighted by atomic mass is 9.98. The highest BCUT2D eigenvalue weighted by Gasteiger charge is 2.44. The van der Waals surface area contributed by atoms with E-state index in [0.717, 1.165) is 18.7 Å². The van der Waals surface area contributed by atoms with Crippen LogP contribution in [0.5, 0.6) is 0 Å². The summed E-state index contributed by atoms with van der Waals surface area (Å²) >= 11 is 4.35. The maximum Gasteiger partial charge on any atom is 0.328 e.